The molecular weight excluding hydrogens is 510 g/mol. The molecule has 3 aromatic rings. The number of amides is 1. The Morgan fingerprint density at radius 1 is 0.800 bits per heavy atom. The van der Waals surface area contributed by atoms with Crippen molar-refractivity contribution >= 4 is 48.9 Å². The number of benzene rings is 3. The van der Waals surface area contributed by atoms with E-state index < -0.39 is 26.0 Å². The minimum absolute atomic E-state index is 0.0557. The number of rotatable bonds is 7. The third-order valence-corrected chi connectivity index (χ3v) is 9.20. The summed E-state index contributed by atoms with van der Waals surface area (Å²) in [5.41, 5.74) is 0.764. The summed E-state index contributed by atoms with van der Waals surface area (Å²) >= 11 is 6.24. The molecule has 0 radical (unpaired) electrons. The van der Waals surface area contributed by atoms with Crippen molar-refractivity contribution in [3.05, 3.63) is 83.4 Å². The Labute approximate surface area is 210 Å². The van der Waals surface area contributed by atoms with Crippen LogP contribution in [-0.2, 0) is 20.0 Å². The summed E-state index contributed by atoms with van der Waals surface area (Å²) in [5, 5.41) is 2.75. The van der Waals surface area contributed by atoms with Gasteiger partial charge in [0.25, 0.3) is 15.9 Å². The Morgan fingerprint density at radius 2 is 1.46 bits per heavy atom. The third-order valence-electron chi connectivity index (χ3n) is 5.59. The lowest BCUT2D eigenvalue weighted by molar-refractivity contribution is 0.102. The van der Waals surface area contributed by atoms with Crippen molar-refractivity contribution in [2.75, 3.05) is 23.1 Å². The van der Waals surface area contributed by atoms with Crippen LogP contribution in [0.2, 0.25) is 5.02 Å². The molecule has 1 amide bonds. The average molecular weight is 534 g/mol. The van der Waals surface area contributed by atoms with Crippen LogP contribution in [0.25, 0.3) is 0 Å². The molecule has 184 valence electrons. The van der Waals surface area contributed by atoms with Gasteiger partial charge in [-0.15, -0.1) is 0 Å². The molecule has 0 aromatic heterocycles. The molecule has 0 unspecified atom stereocenters. The number of piperidine rings is 1. The first-order chi connectivity index (χ1) is 16.7. The van der Waals surface area contributed by atoms with E-state index in [1.807, 2.05) is 0 Å². The van der Waals surface area contributed by atoms with Gasteiger partial charge in [0.2, 0.25) is 10.0 Å². The molecule has 1 heterocycles. The fraction of sp³-hybridized carbons (Fsp3) is 0.208. The fourth-order valence-electron chi connectivity index (χ4n) is 3.71. The average Bonchev–Trinajstić information content (AvgIpc) is 2.86. The van der Waals surface area contributed by atoms with Gasteiger partial charge in [0.15, 0.2) is 0 Å². The van der Waals surface area contributed by atoms with Crippen molar-refractivity contribution in [2.24, 2.45) is 0 Å². The second-order valence-electron chi connectivity index (χ2n) is 8.06. The molecule has 1 aliphatic heterocycles. The molecule has 8 nitrogen and oxygen atoms in total. The summed E-state index contributed by atoms with van der Waals surface area (Å²) < 4.78 is 54.5. The summed E-state index contributed by atoms with van der Waals surface area (Å²) in [5.74, 6) is -0.476. The summed E-state index contributed by atoms with van der Waals surface area (Å²) in [7, 11) is -7.39. The van der Waals surface area contributed by atoms with Gasteiger partial charge in [-0.05, 0) is 67.4 Å². The molecule has 1 fully saturated rings. The van der Waals surface area contributed by atoms with Gasteiger partial charge in [-0.1, -0.05) is 36.2 Å². The van der Waals surface area contributed by atoms with Crippen molar-refractivity contribution < 1.29 is 21.6 Å². The normalized spacial score (nSPS) is 14.9. The molecule has 3 aromatic carbocycles. The number of carbonyl (C=O) groups is 1. The zero-order valence-corrected chi connectivity index (χ0v) is 21.0. The maximum Gasteiger partial charge on any atom is 0.261 e. The number of carbonyl (C=O) groups excluding carboxylic acids is 1. The third kappa shape index (κ3) is 5.84. The van der Waals surface area contributed by atoms with Crippen LogP contribution in [0.4, 0.5) is 11.4 Å². The number of nitrogens with one attached hydrogen (secondary N) is 2. The van der Waals surface area contributed by atoms with E-state index in [0.29, 0.717) is 18.8 Å². The number of halogens is 1. The van der Waals surface area contributed by atoms with Crippen molar-refractivity contribution in [1.29, 1.82) is 0 Å². The largest absolute Gasteiger partial charge is 0.322 e. The number of sulfonamides is 2. The number of nitrogens with zero attached hydrogens (tertiary/aromatic N) is 1. The predicted molar refractivity (Wildman–Crippen MR) is 136 cm³/mol. The molecule has 0 bridgehead atoms. The molecule has 0 saturated carbocycles. The number of anilines is 2. The van der Waals surface area contributed by atoms with Gasteiger partial charge >= 0.3 is 0 Å². The highest BCUT2D eigenvalue weighted by molar-refractivity contribution is 7.92. The molecular formula is C24H24ClN3O5S2. The lowest BCUT2D eigenvalue weighted by Crippen LogP contribution is -2.35. The highest BCUT2D eigenvalue weighted by Crippen LogP contribution is 2.27. The zero-order valence-electron chi connectivity index (χ0n) is 18.6. The van der Waals surface area contributed by atoms with Crippen LogP contribution in [-0.4, -0.2) is 40.1 Å². The van der Waals surface area contributed by atoms with Crippen LogP contribution in [0, 0.1) is 0 Å². The number of hydrogen-bond acceptors (Lipinski definition) is 5. The first-order valence-corrected chi connectivity index (χ1v) is 14.3. The van der Waals surface area contributed by atoms with Gasteiger partial charge in [-0.3, -0.25) is 9.52 Å². The smallest absolute Gasteiger partial charge is 0.261 e. The molecule has 0 aliphatic carbocycles. The van der Waals surface area contributed by atoms with Gasteiger partial charge in [-0.25, -0.2) is 16.8 Å². The van der Waals surface area contributed by atoms with E-state index >= 15 is 0 Å². The van der Waals surface area contributed by atoms with Crippen molar-refractivity contribution in [3.63, 3.8) is 0 Å². The standard InChI is InChI=1S/C24H24ClN3O5S2/c25-22-17-18(9-14-23(22)27-34(30,31)20-7-3-1-4-8-20)24(29)26-19-10-12-21(13-11-19)35(32,33)28-15-5-2-6-16-28/h1,3-4,7-14,17,27H,2,5-6,15-16H2,(H,26,29). The first kappa shape index (κ1) is 25.2. The van der Waals surface area contributed by atoms with E-state index in [1.165, 1.54) is 58.9 Å². The summed E-state index contributed by atoms with van der Waals surface area (Å²) in [6.45, 7) is 1.03. The summed E-state index contributed by atoms with van der Waals surface area (Å²) in [6.07, 6.45) is 2.73. The van der Waals surface area contributed by atoms with Crippen molar-refractivity contribution in [1.82, 2.24) is 4.31 Å². The molecule has 2 N–H and O–H groups in total. The molecule has 11 heteroatoms. The topological polar surface area (TPSA) is 113 Å². The fourth-order valence-corrected chi connectivity index (χ4v) is 6.61. The van der Waals surface area contributed by atoms with E-state index in [2.05, 4.69) is 10.0 Å². The molecule has 0 spiro atoms. The van der Waals surface area contributed by atoms with Gasteiger partial charge in [0.1, 0.15) is 0 Å². The molecule has 1 aliphatic rings. The van der Waals surface area contributed by atoms with Crippen LogP contribution < -0.4 is 10.0 Å². The zero-order chi connectivity index (χ0) is 25.1. The van der Waals surface area contributed by atoms with Gasteiger partial charge in [0.05, 0.1) is 20.5 Å². The molecule has 35 heavy (non-hydrogen) atoms. The van der Waals surface area contributed by atoms with Crippen LogP contribution in [0.5, 0.6) is 0 Å². The first-order valence-electron chi connectivity index (χ1n) is 11.0. The van der Waals surface area contributed by atoms with E-state index in [1.54, 1.807) is 18.2 Å². The minimum atomic E-state index is -3.83. The quantitative estimate of drug-likeness (QED) is 0.462. The molecule has 1 saturated heterocycles. The van der Waals surface area contributed by atoms with E-state index in [-0.39, 0.29) is 26.1 Å². The Hall–Kier alpha value is -2.92. The predicted octanol–water partition coefficient (Wildman–Crippen LogP) is 4.57. The van der Waals surface area contributed by atoms with Crippen LogP contribution in [0.1, 0.15) is 29.6 Å². The lowest BCUT2D eigenvalue weighted by Gasteiger charge is -2.25. The van der Waals surface area contributed by atoms with E-state index in [0.717, 1.165) is 19.3 Å². The second kappa shape index (κ2) is 10.4. The molecule has 0 atom stereocenters. The minimum Gasteiger partial charge on any atom is -0.322 e. The summed E-state index contributed by atoms with van der Waals surface area (Å²) in [6, 6.07) is 18.0. The Kier molecular flexibility index (Phi) is 7.46. The van der Waals surface area contributed by atoms with Gasteiger partial charge in [-0.2, -0.15) is 4.31 Å². The maximum absolute atomic E-state index is 12.8. The van der Waals surface area contributed by atoms with E-state index in [4.69, 9.17) is 11.6 Å². The van der Waals surface area contributed by atoms with Crippen LogP contribution >= 0.6 is 11.6 Å². The Bertz CT molecular complexity index is 1420. The SMILES string of the molecule is O=C(Nc1ccc(S(=O)(=O)N2CCCCC2)cc1)c1ccc(NS(=O)(=O)c2ccccc2)c(Cl)c1. The number of hydrogen-bond donors (Lipinski definition) is 2. The highest BCUT2D eigenvalue weighted by Gasteiger charge is 2.25. The van der Waals surface area contributed by atoms with Crippen LogP contribution in [0.3, 0.4) is 0 Å². The Balaban J connectivity index is 1.44. The maximum atomic E-state index is 12.8. The highest BCUT2D eigenvalue weighted by atomic mass is 35.5. The summed E-state index contributed by atoms with van der Waals surface area (Å²) in [4.78, 5) is 12.9. The lowest BCUT2D eigenvalue weighted by atomic mass is 10.2. The Morgan fingerprint density at radius 3 is 2.09 bits per heavy atom. The monoisotopic (exact) mass is 533 g/mol. The van der Waals surface area contributed by atoms with Crippen molar-refractivity contribution in [3.8, 4) is 0 Å². The second-order valence-corrected chi connectivity index (χ2v) is 12.1. The molecule has 4 rings (SSSR count). The van der Waals surface area contributed by atoms with Gasteiger partial charge in [0, 0.05) is 24.3 Å². The van der Waals surface area contributed by atoms with E-state index in [9.17, 15) is 21.6 Å². The van der Waals surface area contributed by atoms with Gasteiger partial charge < -0.3 is 5.32 Å². The van der Waals surface area contributed by atoms with Crippen LogP contribution in [0.15, 0.2) is 82.6 Å². The van der Waals surface area contributed by atoms with Crippen molar-refractivity contribution in [2.45, 2.75) is 29.1 Å².